The molecule has 0 N–H and O–H groups in total. The van der Waals surface area contributed by atoms with E-state index in [1.165, 1.54) is 64.7 Å². The average molecular weight is 281 g/mol. The lowest BCUT2D eigenvalue weighted by Gasteiger charge is -2.38. The van der Waals surface area contributed by atoms with Gasteiger partial charge in [0, 0.05) is 25.2 Å². The Balaban J connectivity index is 1.71. The molecule has 0 aliphatic carbocycles. The molecule has 2 aliphatic rings. The Morgan fingerprint density at radius 3 is 2.35 bits per heavy atom. The van der Waals surface area contributed by atoms with E-state index in [1.54, 1.807) is 0 Å². The minimum Gasteiger partial charge on any atom is -0.301 e. The van der Waals surface area contributed by atoms with E-state index in [0.29, 0.717) is 0 Å². The summed E-state index contributed by atoms with van der Waals surface area (Å²) in [7, 11) is 0. The van der Waals surface area contributed by atoms with Gasteiger partial charge in [-0.25, -0.2) is 0 Å². The molecule has 0 radical (unpaired) electrons. The molecule has 2 aliphatic heterocycles. The second-order valence-electron chi connectivity index (χ2n) is 7.77. The first-order valence-electron chi connectivity index (χ1n) is 9.04. The fourth-order valence-corrected chi connectivity index (χ4v) is 4.09. The van der Waals surface area contributed by atoms with Gasteiger partial charge in [-0.05, 0) is 84.2 Å². The van der Waals surface area contributed by atoms with E-state index in [0.717, 1.165) is 23.9 Å². The van der Waals surface area contributed by atoms with Crippen LogP contribution in [0.4, 0.5) is 0 Å². The Morgan fingerprint density at radius 1 is 0.950 bits per heavy atom. The number of piperidine rings is 2. The van der Waals surface area contributed by atoms with Crippen LogP contribution in [-0.4, -0.2) is 48.1 Å². The molecular weight excluding hydrogens is 244 g/mol. The van der Waals surface area contributed by atoms with E-state index < -0.39 is 0 Å². The Kier molecular flexibility index (Phi) is 6.35. The summed E-state index contributed by atoms with van der Waals surface area (Å²) < 4.78 is 0. The van der Waals surface area contributed by atoms with Crippen LogP contribution in [0.5, 0.6) is 0 Å². The molecule has 0 amide bonds. The van der Waals surface area contributed by atoms with E-state index >= 15 is 0 Å². The number of hydrogen-bond donors (Lipinski definition) is 0. The summed E-state index contributed by atoms with van der Waals surface area (Å²) in [5, 5.41) is 0. The molecule has 0 saturated carbocycles. The highest BCUT2D eigenvalue weighted by Gasteiger charge is 2.24. The highest BCUT2D eigenvalue weighted by Crippen LogP contribution is 2.25. The number of rotatable bonds is 5. The number of likely N-dealkylation sites (tertiary alicyclic amines) is 2. The third-order valence-electron chi connectivity index (χ3n) is 5.59. The molecule has 0 aromatic rings. The standard InChI is InChI=1S/C18H36N2/c1-15(2)19-11-6-8-18(14-19)10-9-17(4)20-12-5-7-16(3)13-20/h15-18H,5-14H2,1-4H3/t16-,17?,18-/m0/s1. The Hall–Kier alpha value is -0.0800. The fraction of sp³-hybridized carbons (Fsp3) is 1.00. The molecule has 2 nitrogen and oxygen atoms in total. The van der Waals surface area contributed by atoms with Crippen molar-refractivity contribution in [3.8, 4) is 0 Å². The third kappa shape index (κ3) is 4.73. The van der Waals surface area contributed by atoms with Crippen LogP contribution in [-0.2, 0) is 0 Å². The zero-order valence-electron chi connectivity index (χ0n) is 14.3. The van der Waals surface area contributed by atoms with Gasteiger partial charge >= 0.3 is 0 Å². The maximum atomic E-state index is 2.75. The van der Waals surface area contributed by atoms with Crippen LogP contribution in [0.1, 0.15) is 66.2 Å². The van der Waals surface area contributed by atoms with Crippen LogP contribution < -0.4 is 0 Å². The van der Waals surface area contributed by atoms with Gasteiger partial charge < -0.3 is 9.80 Å². The van der Waals surface area contributed by atoms with Gasteiger partial charge in [0.1, 0.15) is 0 Å². The van der Waals surface area contributed by atoms with Crippen molar-refractivity contribution in [3.63, 3.8) is 0 Å². The molecule has 0 aromatic heterocycles. The highest BCUT2D eigenvalue weighted by atomic mass is 15.2. The molecule has 0 aromatic carbocycles. The predicted octanol–water partition coefficient (Wildman–Crippen LogP) is 4.01. The molecule has 20 heavy (non-hydrogen) atoms. The normalized spacial score (nSPS) is 31.6. The first-order valence-corrected chi connectivity index (χ1v) is 9.04. The van der Waals surface area contributed by atoms with Crippen molar-refractivity contribution in [1.29, 1.82) is 0 Å². The van der Waals surface area contributed by atoms with Crippen molar-refractivity contribution >= 4 is 0 Å². The van der Waals surface area contributed by atoms with Crippen LogP contribution in [0.15, 0.2) is 0 Å². The molecule has 1 unspecified atom stereocenters. The molecule has 118 valence electrons. The highest BCUT2D eigenvalue weighted by molar-refractivity contribution is 4.79. The van der Waals surface area contributed by atoms with Crippen molar-refractivity contribution in [2.45, 2.75) is 78.3 Å². The maximum absolute atomic E-state index is 2.75. The first kappa shape index (κ1) is 16.3. The number of hydrogen-bond acceptors (Lipinski definition) is 2. The van der Waals surface area contributed by atoms with E-state index in [-0.39, 0.29) is 0 Å². The summed E-state index contributed by atoms with van der Waals surface area (Å²) in [6, 6.07) is 1.53. The van der Waals surface area contributed by atoms with Gasteiger partial charge in [0.05, 0.1) is 0 Å². The Morgan fingerprint density at radius 2 is 1.65 bits per heavy atom. The summed E-state index contributed by atoms with van der Waals surface area (Å²) >= 11 is 0. The lowest BCUT2D eigenvalue weighted by atomic mass is 9.90. The van der Waals surface area contributed by atoms with Gasteiger partial charge in [-0.1, -0.05) is 6.92 Å². The quantitative estimate of drug-likeness (QED) is 0.751. The topological polar surface area (TPSA) is 6.48 Å². The van der Waals surface area contributed by atoms with Gasteiger partial charge in [-0.15, -0.1) is 0 Å². The van der Waals surface area contributed by atoms with Crippen LogP contribution >= 0.6 is 0 Å². The Labute approximate surface area is 126 Å². The van der Waals surface area contributed by atoms with E-state index in [4.69, 9.17) is 0 Å². The predicted molar refractivity (Wildman–Crippen MR) is 88.1 cm³/mol. The zero-order valence-corrected chi connectivity index (χ0v) is 14.3. The summed E-state index contributed by atoms with van der Waals surface area (Å²) in [5.74, 6) is 1.87. The van der Waals surface area contributed by atoms with Crippen molar-refractivity contribution in [3.05, 3.63) is 0 Å². The van der Waals surface area contributed by atoms with Crippen LogP contribution in [0.25, 0.3) is 0 Å². The van der Waals surface area contributed by atoms with Crippen LogP contribution in [0.2, 0.25) is 0 Å². The molecule has 2 heterocycles. The van der Waals surface area contributed by atoms with Gasteiger partial charge in [0.15, 0.2) is 0 Å². The molecule has 2 fully saturated rings. The summed E-state index contributed by atoms with van der Waals surface area (Å²) in [6.45, 7) is 14.9. The second-order valence-corrected chi connectivity index (χ2v) is 7.77. The minimum atomic E-state index is 0.734. The van der Waals surface area contributed by atoms with Gasteiger partial charge in [-0.2, -0.15) is 0 Å². The summed E-state index contributed by atoms with van der Waals surface area (Å²) in [5.41, 5.74) is 0. The second kappa shape index (κ2) is 7.79. The largest absolute Gasteiger partial charge is 0.301 e. The lowest BCUT2D eigenvalue weighted by molar-refractivity contribution is 0.107. The van der Waals surface area contributed by atoms with Gasteiger partial charge in [0.2, 0.25) is 0 Å². The van der Waals surface area contributed by atoms with E-state index in [2.05, 4.69) is 37.5 Å². The van der Waals surface area contributed by atoms with Crippen LogP contribution in [0.3, 0.4) is 0 Å². The molecular formula is C18H36N2. The van der Waals surface area contributed by atoms with Crippen molar-refractivity contribution in [1.82, 2.24) is 9.80 Å². The van der Waals surface area contributed by atoms with Crippen molar-refractivity contribution in [2.75, 3.05) is 26.2 Å². The lowest BCUT2D eigenvalue weighted by Crippen LogP contribution is -2.42. The van der Waals surface area contributed by atoms with E-state index in [9.17, 15) is 0 Å². The third-order valence-corrected chi connectivity index (χ3v) is 5.59. The maximum Gasteiger partial charge on any atom is 0.00671 e. The molecule has 0 bridgehead atoms. The van der Waals surface area contributed by atoms with Gasteiger partial charge in [0.25, 0.3) is 0 Å². The van der Waals surface area contributed by atoms with Crippen LogP contribution in [0, 0.1) is 11.8 Å². The molecule has 2 rings (SSSR count). The SMILES string of the molecule is CC(C)N1CCC[C@@H](CCC(C)N2CCC[C@H](C)C2)C1. The molecule has 2 saturated heterocycles. The summed E-state index contributed by atoms with van der Waals surface area (Å²) in [6.07, 6.45) is 8.58. The molecule has 3 atom stereocenters. The molecule has 0 spiro atoms. The smallest absolute Gasteiger partial charge is 0.00671 e. The van der Waals surface area contributed by atoms with Crippen molar-refractivity contribution in [2.24, 2.45) is 11.8 Å². The van der Waals surface area contributed by atoms with Gasteiger partial charge in [-0.3, -0.25) is 0 Å². The first-order chi connectivity index (χ1) is 9.56. The molecule has 2 heteroatoms. The summed E-state index contributed by atoms with van der Waals surface area (Å²) in [4.78, 5) is 5.43. The number of nitrogens with zero attached hydrogens (tertiary/aromatic N) is 2. The minimum absolute atomic E-state index is 0.734. The van der Waals surface area contributed by atoms with E-state index in [1.807, 2.05) is 0 Å². The fourth-order valence-electron chi connectivity index (χ4n) is 4.09. The zero-order chi connectivity index (χ0) is 14.5. The van der Waals surface area contributed by atoms with Crippen molar-refractivity contribution < 1.29 is 0 Å². The Bertz CT molecular complexity index is 275. The average Bonchev–Trinajstić information content (AvgIpc) is 2.45. The monoisotopic (exact) mass is 280 g/mol.